The molecule has 1 aliphatic heterocycles. The predicted molar refractivity (Wildman–Crippen MR) is 75.0 cm³/mol. The number of likely N-dealkylation sites (N-methyl/N-ethyl adjacent to an activating group) is 1. The van der Waals surface area contributed by atoms with Crippen LogP contribution in [-0.2, 0) is 4.79 Å². The van der Waals surface area contributed by atoms with Gasteiger partial charge in [0.15, 0.2) is 0 Å². The van der Waals surface area contributed by atoms with Gasteiger partial charge in [0.25, 0.3) is 0 Å². The lowest BCUT2D eigenvalue weighted by Gasteiger charge is -2.25. The minimum absolute atomic E-state index is 0.343. The van der Waals surface area contributed by atoms with Gasteiger partial charge >= 0.3 is 5.97 Å². The van der Waals surface area contributed by atoms with E-state index in [1.807, 2.05) is 31.3 Å². The van der Waals surface area contributed by atoms with Crippen LogP contribution in [0.15, 0.2) is 28.7 Å². The summed E-state index contributed by atoms with van der Waals surface area (Å²) >= 11 is 3.53. The van der Waals surface area contributed by atoms with Crippen molar-refractivity contribution in [1.29, 1.82) is 0 Å². The molecule has 0 radical (unpaired) electrons. The summed E-state index contributed by atoms with van der Waals surface area (Å²) in [6, 6.07) is 7.95. The molecule has 1 heterocycles. The molecule has 4 nitrogen and oxygen atoms in total. The molecule has 1 aromatic rings. The molecule has 0 amide bonds. The summed E-state index contributed by atoms with van der Waals surface area (Å²) < 4.78 is 1.01. The maximum atomic E-state index is 11.2. The lowest BCUT2D eigenvalue weighted by atomic mass is 10.1. The summed E-state index contributed by atoms with van der Waals surface area (Å²) in [5.74, 6) is -1.06. The van der Waals surface area contributed by atoms with E-state index in [0.717, 1.165) is 23.2 Å². The van der Waals surface area contributed by atoms with Crippen LogP contribution in [0.4, 0.5) is 5.69 Å². The Bertz CT molecular complexity index is 439. The Balaban J connectivity index is 2.22. The van der Waals surface area contributed by atoms with Gasteiger partial charge in [-0.2, -0.15) is 0 Å². The molecule has 1 atom stereocenters. The molecular formula is C13H17BrN2O2. The SMILES string of the molecule is CN1CCN(c2ccccc2Br)CC(C(=O)O)C1. The van der Waals surface area contributed by atoms with Gasteiger partial charge in [0.05, 0.1) is 11.6 Å². The van der Waals surface area contributed by atoms with E-state index in [1.54, 1.807) is 0 Å². The summed E-state index contributed by atoms with van der Waals surface area (Å²) in [5, 5.41) is 9.25. The molecule has 98 valence electrons. The Morgan fingerprint density at radius 1 is 1.33 bits per heavy atom. The molecule has 0 bridgehead atoms. The normalized spacial score (nSPS) is 21.7. The van der Waals surface area contributed by atoms with Crippen molar-refractivity contribution in [3.8, 4) is 0 Å². The van der Waals surface area contributed by atoms with Gasteiger partial charge in [-0.25, -0.2) is 0 Å². The highest BCUT2D eigenvalue weighted by Gasteiger charge is 2.26. The van der Waals surface area contributed by atoms with Crippen LogP contribution in [0, 0.1) is 5.92 Å². The molecule has 5 heteroatoms. The molecule has 0 saturated carbocycles. The molecule has 0 spiro atoms. The van der Waals surface area contributed by atoms with Crippen LogP contribution < -0.4 is 4.90 Å². The van der Waals surface area contributed by atoms with Gasteiger partial charge in [-0.15, -0.1) is 0 Å². The summed E-state index contributed by atoms with van der Waals surface area (Å²) in [5.41, 5.74) is 1.07. The van der Waals surface area contributed by atoms with E-state index in [-0.39, 0.29) is 5.92 Å². The minimum atomic E-state index is -0.721. The first-order chi connectivity index (χ1) is 8.58. The first kappa shape index (κ1) is 13.4. The highest BCUT2D eigenvalue weighted by Crippen LogP contribution is 2.27. The van der Waals surface area contributed by atoms with Crippen molar-refractivity contribution in [3.63, 3.8) is 0 Å². The van der Waals surface area contributed by atoms with Gasteiger partial charge < -0.3 is 14.9 Å². The van der Waals surface area contributed by atoms with Crippen LogP contribution in [0.1, 0.15) is 0 Å². The number of halogens is 1. The highest BCUT2D eigenvalue weighted by molar-refractivity contribution is 9.10. The summed E-state index contributed by atoms with van der Waals surface area (Å²) in [4.78, 5) is 15.5. The van der Waals surface area contributed by atoms with Gasteiger partial charge in [0.1, 0.15) is 0 Å². The maximum Gasteiger partial charge on any atom is 0.309 e. The van der Waals surface area contributed by atoms with Crippen LogP contribution in [-0.4, -0.2) is 49.2 Å². The maximum absolute atomic E-state index is 11.2. The fourth-order valence-electron chi connectivity index (χ4n) is 2.26. The number of aliphatic carboxylic acids is 1. The van der Waals surface area contributed by atoms with E-state index >= 15 is 0 Å². The van der Waals surface area contributed by atoms with E-state index in [4.69, 9.17) is 0 Å². The molecule has 0 aliphatic carbocycles. The Hall–Kier alpha value is -1.07. The van der Waals surface area contributed by atoms with Crippen molar-refractivity contribution in [3.05, 3.63) is 28.7 Å². The summed E-state index contributed by atoms with van der Waals surface area (Å²) in [7, 11) is 1.97. The minimum Gasteiger partial charge on any atom is -0.481 e. The zero-order chi connectivity index (χ0) is 13.1. The number of carbonyl (C=O) groups is 1. The number of nitrogens with zero attached hydrogens (tertiary/aromatic N) is 2. The van der Waals surface area contributed by atoms with Crippen LogP contribution in [0.3, 0.4) is 0 Å². The summed E-state index contributed by atoms with van der Waals surface area (Å²) in [6.45, 7) is 2.90. The van der Waals surface area contributed by atoms with E-state index in [1.165, 1.54) is 0 Å². The molecule has 1 aliphatic rings. The van der Waals surface area contributed by atoms with Crippen LogP contribution in [0.5, 0.6) is 0 Å². The molecular weight excluding hydrogens is 296 g/mol. The van der Waals surface area contributed by atoms with Crippen LogP contribution in [0.25, 0.3) is 0 Å². The smallest absolute Gasteiger partial charge is 0.309 e. The third-order valence-corrected chi connectivity index (χ3v) is 3.94. The van der Waals surface area contributed by atoms with Crippen LogP contribution in [0.2, 0.25) is 0 Å². The number of para-hydroxylation sites is 1. The van der Waals surface area contributed by atoms with Crippen molar-refractivity contribution < 1.29 is 9.90 Å². The Labute approximate surface area is 115 Å². The van der Waals surface area contributed by atoms with Crippen molar-refractivity contribution >= 4 is 27.6 Å². The zero-order valence-electron chi connectivity index (χ0n) is 10.3. The van der Waals surface area contributed by atoms with Gasteiger partial charge in [-0.3, -0.25) is 4.79 Å². The third-order valence-electron chi connectivity index (χ3n) is 3.27. The van der Waals surface area contributed by atoms with Crippen molar-refractivity contribution in [2.24, 2.45) is 5.92 Å². The lowest BCUT2D eigenvalue weighted by Crippen LogP contribution is -2.34. The fourth-order valence-corrected chi connectivity index (χ4v) is 2.79. The van der Waals surface area contributed by atoms with E-state index in [0.29, 0.717) is 13.1 Å². The third kappa shape index (κ3) is 3.03. The van der Waals surface area contributed by atoms with Gasteiger partial charge in [0.2, 0.25) is 0 Å². The van der Waals surface area contributed by atoms with E-state index in [2.05, 4.69) is 25.7 Å². The molecule has 2 rings (SSSR count). The number of rotatable bonds is 2. The average molecular weight is 313 g/mol. The zero-order valence-corrected chi connectivity index (χ0v) is 11.9. The molecule has 1 saturated heterocycles. The second-order valence-electron chi connectivity index (χ2n) is 4.69. The van der Waals surface area contributed by atoms with Crippen molar-refractivity contribution in [2.75, 3.05) is 38.1 Å². The van der Waals surface area contributed by atoms with E-state index in [9.17, 15) is 9.90 Å². The highest BCUT2D eigenvalue weighted by atomic mass is 79.9. The topological polar surface area (TPSA) is 43.8 Å². The molecule has 18 heavy (non-hydrogen) atoms. The van der Waals surface area contributed by atoms with Crippen LogP contribution >= 0.6 is 15.9 Å². The predicted octanol–water partition coefficient (Wildman–Crippen LogP) is 1.90. The largest absolute Gasteiger partial charge is 0.481 e. The number of hydrogen-bond acceptors (Lipinski definition) is 3. The van der Waals surface area contributed by atoms with Gasteiger partial charge in [-0.1, -0.05) is 12.1 Å². The average Bonchev–Trinajstić information content (AvgIpc) is 2.52. The number of hydrogen-bond donors (Lipinski definition) is 1. The number of anilines is 1. The Kier molecular flexibility index (Phi) is 4.24. The standard InChI is InChI=1S/C13H17BrN2O2/c1-15-6-7-16(9-10(8-15)13(17)18)12-5-3-2-4-11(12)14/h2-5,10H,6-9H2,1H3,(H,17,18). The van der Waals surface area contributed by atoms with E-state index < -0.39 is 5.97 Å². The Morgan fingerprint density at radius 2 is 2.06 bits per heavy atom. The Morgan fingerprint density at radius 3 is 2.72 bits per heavy atom. The number of carboxylic acid groups (broad SMARTS) is 1. The molecule has 1 unspecified atom stereocenters. The molecule has 1 aromatic carbocycles. The van der Waals surface area contributed by atoms with Gasteiger partial charge in [-0.05, 0) is 35.1 Å². The van der Waals surface area contributed by atoms with Crippen molar-refractivity contribution in [2.45, 2.75) is 0 Å². The first-order valence-corrected chi connectivity index (χ1v) is 6.78. The number of benzene rings is 1. The number of carboxylic acids is 1. The lowest BCUT2D eigenvalue weighted by molar-refractivity contribution is -0.141. The fraction of sp³-hybridized carbons (Fsp3) is 0.462. The summed E-state index contributed by atoms with van der Waals surface area (Å²) in [6.07, 6.45) is 0. The quantitative estimate of drug-likeness (QED) is 0.906. The van der Waals surface area contributed by atoms with Crippen molar-refractivity contribution in [1.82, 2.24) is 4.90 Å². The molecule has 0 aromatic heterocycles. The second kappa shape index (κ2) is 5.71. The molecule has 1 fully saturated rings. The first-order valence-electron chi connectivity index (χ1n) is 5.98. The van der Waals surface area contributed by atoms with Gasteiger partial charge in [0, 0.05) is 30.7 Å². The molecule has 1 N–H and O–H groups in total. The monoisotopic (exact) mass is 312 g/mol. The second-order valence-corrected chi connectivity index (χ2v) is 5.55.